The van der Waals surface area contributed by atoms with Crippen molar-refractivity contribution in [2.24, 2.45) is 23.6 Å². The van der Waals surface area contributed by atoms with Crippen molar-refractivity contribution < 1.29 is 0 Å². The van der Waals surface area contributed by atoms with Gasteiger partial charge in [-0.3, -0.25) is 11.3 Å². The SMILES string of the molecule is CCCc1ccc(C(NN)C2C3CCCCC32)cc1. The zero-order valence-electron chi connectivity index (χ0n) is 11.9. The van der Waals surface area contributed by atoms with E-state index in [-0.39, 0.29) is 0 Å². The third kappa shape index (κ3) is 2.56. The molecule has 2 aliphatic carbocycles. The normalized spacial score (nSPS) is 30.7. The molecule has 3 atom stereocenters. The molecule has 2 heteroatoms. The zero-order chi connectivity index (χ0) is 13.2. The number of rotatable bonds is 5. The van der Waals surface area contributed by atoms with Gasteiger partial charge in [-0.05, 0) is 48.1 Å². The van der Waals surface area contributed by atoms with Crippen LogP contribution in [0.15, 0.2) is 24.3 Å². The molecule has 104 valence electrons. The molecule has 1 aromatic carbocycles. The third-order valence-corrected chi connectivity index (χ3v) is 5.16. The van der Waals surface area contributed by atoms with Crippen molar-refractivity contribution in [2.45, 2.75) is 51.5 Å². The molecule has 0 radical (unpaired) electrons. The van der Waals surface area contributed by atoms with E-state index in [9.17, 15) is 0 Å². The van der Waals surface area contributed by atoms with Crippen LogP contribution >= 0.6 is 0 Å². The summed E-state index contributed by atoms with van der Waals surface area (Å²) in [5.74, 6) is 8.50. The average Bonchev–Trinajstić information content (AvgIpc) is 3.17. The zero-order valence-corrected chi connectivity index (χ0v) is 11.9. The van der Waals surface area contributed by atoms with Crippen molar-refractivity contribution in [1.29, 1.82) is 0 Å². The largest absolute Gasteiger partial charge is 0.271 e. The van der Waals surface area contributed by atoms with E-state index in [0.717, 1.165) is 17.8 Å². The Labute approximate surface area is 116 Å². The van der Waals surface area contributed by atoms with Gasteiger partial charge >= 0.3 is 0 Å². The summed E-state index contributed by atoms with van der Waals surface area (Å²) < 4.78 is 0. The van der Waals surface area contributed by atoms with Crippen LogP contribution in [-0.2, 0) is 6.42 Å². The van der Waals surface area contributed by atoms with Gasteiger partial charge in [-0.2, -0.15) is 0 Å². The van der Waals surface area contributed by atoms with Crippen molar-refractivity contribution in [3.8, 4) is 0 Å². The van der Waals surface area contributed by atoms with Gasteiger partial charge in [-0.25, -0.2) is 0 Å². The van der Waals surface area contributed by atoms with Crippen LogP contribution in [0.2, 0.25) is 0 Å². The number of fused-ring (bicyclic) bond motifs is 1. The Bertz CT molecular complexity index is 400. The average molecular weight is 258 g/mol. The first kappa shape index (κ1) is 13.1. The molecular weight excluding hydrogens is 232 g/mol. The van der Waals surface area contributed by atoms with Gasteiger partial charge in [-0.1, -0.05) is 50.5 Å². The molecule has 3 unspecified atom stereocenters. The number of nitrogens with one attached hydrogen (secondary N) is 1. The number of aryl methyl sites for hydroxylation is 1. The Hall–Kier alpha value is -0.860. The molecular formula is C17H26N2. The quantitative estimate of drug-likeness (QED) is 0.626. The van der Waals surface area contributed by atoms with Crippen LogP contribution in [0, 0.1) is 17.8 Å². The topological polar surface area (TPSA) is 38.0 Å². The Balaban J connectivity index is 1.71. The van der Waals surface area contributed by atoms with E-state index in [2.05, 4.69) is 36.6 Å². The molecule has 0 aromatic heterocycles. The Kier molecular flexibility index (Phi) is 3.90. The molecule has 0 heterocycles. The number of hydrazine groups is 1. The van der Waals surface area contributed by atoms with Gasteiger partial charge in [-0.15, -0.1) is 0 Å². The third-order valence-electron chi connectivity index (χ3n) is 5.16. The number of hydrogen-bond donors (Lipinski definition) is 2. The summed E-state index contributed by atoms with van der Waals surface area (Å²) in [7, 11) is 0. The number of hydrogen-bond acceptors (Lipinski definition) is 2. The molecule has 0 spiro atoms. The molecule has 0 saturated heterocycles. The fourth-order valence-corrected chi connectivity index (χ4v) is 4.15. The highest BCUT2D eigenvalue weighted by Gasteiger charge is 2.54. The lowest BCUT2D eigenvalue weighted by atomic mass is 9.98. The summed E-state index contributed by atoms with van der Waals surface area (Å²) in [4.78, 5) is 0. The summed E-state index contributed by atoms with van der Waals surface area (Å²) in [6, 6.07) is 9.47. The van der Waals surface area contributed by atoms with Gasteiger partial charge in [0.25, 0.3) is 0 Å². The molecule has 1 aromatic rings. The lowest BCUT2D eigenvalue weighted by Gasteiger charge is -2.17. The second-order valence-corrected chi connectivity index (χ2v) is 6.33. The lowest BCUT2D eigenvalue weighted by Crippen LogP contribution is -2.30. The minimum absolute atomic E-state index is 0.365. The molecule has 3 rings (SSSR count). The van der Waals surface area contributed by atoms with Crippen molar-refractivity contribution in [2.75, 3.05) is 0 Å². The Morgan fingerprint density at radius 2 is 1.79 bits per heavy atom. The maximum absolute atomic E-state index is 5.85. The fraction of sp³-hybridized carbons (Fsp3) is 0.647. The second kappa shape index (κ2) is 5.64. The van der Waals surface area contributed by atoms with Gasteiger partial charge in [0.1, 0.15) is 0 Å². The van der Waals surface area contributed by atoms with E-state index in [1.54, 1.807) is 0 Å². The standard InChI is InChI=1S/C17H26N2/c1-2-5-12-8-10-13(11-9-12)17(19-18)16-14-6-3-4-7-15(14)16/h8-11,14-17,19H,2-7,18H2,1H3. The van der Waals surface area contributed by atoms with Crippen LogP contribution in [0.3, 0.4) is 0 Å². The maximum atomic E-state index is 5.85. The van der Waals surface area contributed by atoms with Crippen molar-refractivity contribution in [3.05, 3.63) is 35.4 Å². The van der Waals surface area contributed by atoms with E-state index >= 15 is 0 Å². The predicted octanol–water partition coefficient (Wildman–Crippen LogP) is 3.58. The minimum atomic E-state index is 0.365. The van der Waals surface area contributed by atoms with Crippen LogP contribution in [0.4, 0.5) is 0 Å². The molecule has 2 nitrogen and oxygen atoms in total. The summed E-state index contributed by atoms with van der Waals surface area (Å²) in [5.41, 5.74) is 5.90. The van der Waals surface area contributed by atoms with Gasteiger partial charge in [0.15, 0.2) is 0 Å². The van der Waals surface area contributed by atoms with Crippen molar-refractivity contribution >= 4 is 0 Å². The second-order valence-electron chi connectivity index (χ2n) is 6.33. The summed E-state index contributed by atoms with van der Waals surface area (Å²) in [6.07, 6.45) is 8.07. The summed E-state index contributed by atoms with van der Waals surface area (Å²) >= 11 is 0. The molecule has 3 N–H and O–H groups in total. The highest BCUT2D eigenvalue weighted by molar-refractivity contribution is 5.27. The number of nitrogens with two attached hydrogens (primary N) is 1. The van der Waals surface area contributed by atoms with Gasteiger partial charge in [0.2, 0.25) is 0 Å². The summed E-state index contributed by atoms with van der Waals surface area (Å²) in [6.45, 7) is 2.23. The smallest absolute Gasteiger partial charge is 0.0493 e. The maximum Gasteiger partial charge on any atom is 0.0493 e. The first-order valence-electron chi connectivity index (χ1n) is 7.90. The van der Waals surface area contributed by atoms with E-state index in [1.165, 1.54) is 49.7 Å². The molecule has 2 fully saturated rings. The highest BCUT2D eigenvalue weighted by Crippen LogP contribution is 2.60. The van der Waals surface area contributed by atoms with Crippen molar-refractivity contribution in [3.63, 3.8) is 0 Å². The monoisotopic (exact) mass is 258 g/mol. The molecule has 19 heavy (non-hydrogen) atoms. The van der Waals surface area contributed by atoms with E-state index in [4.69, 9.17) is 5.84 Å². The molecule has 0 bridgehead atoms. The van der Waals surface area contributed by atoms with Crippen LogP contribution in [0.1, 0.15) is 56.2 Å². The minimum Gasteiger partial charge on any atom is -0.271 e. The molecule has 0 aliphatic heterocycles. The van der Waals surface area contributed by atoms with Gasteiger partial charge in [0.05, 0.1) is 0 Å². The van der Waals surface area contributed by atoms with Crippen LogP contribution < -0.4 is 11.3 Å². The van der Waals surface area contributed by atoms with Crippen LogP contribution in [0.5, 0.6) is 0 Å². The van der Waals surface area contributed by atoms with Gasteiger partial charge < -0.3 is 0 Å². The van der Waals surface area contributed by atoms with E-state index < -0.39 is 0 Å². The van der Waals surface area contributed by atoms with Crippen LogP contribution in [-0.4, -0.2) is 0 Å². The van der Waals surface area contributed by atoms with Crippen molar-refractivity contribution in [1.82, 2.24) is 5.43 Å². The van der Waals surface area contributed by atoms with Gasteiger partial charge in [0, 0.05) is 6.04 Å². The lowest BCUT2D eigenvalue weighted by molar-refractivity contribution is 0.456. The highest BCUT2D eigenvalue weighted by atomic mass is 15.2. The van der Waals surface area contributed by atoms with E-state index in [0.29, 0.717) is 6.04 Å². The number of benzene rings is 1. The molecule has 2 aliphatic rings. The Morgan fingerprint density at radius 3 is 2.32 bits per heavy atom. The van der Waals surface area contributed by atoms with Crippen LogP contribution in [0.25, 0.3) is 0 Å². The Morgan fingerprint density at radius 1 is 1.16 bits per heavy atom. The van der Waals surface area contributed by atoms with E-state index in [1.807, 2.05) is 0 Å². The summed E-state index contributed by atoms with van der Waals surface area (Å²) in [5, 5.41) is 0. The molecule has 2 saturated carbocycles. The first-order valence-corrected chi connectivity index (χ1v) is 7.90. The fourth-order valence-electron chi connectivity index (χ4n) is 4.15. The first-order chi connectivity index (χ1) is 9.35. The molecule has 0 amide bonds. The predicted molar refractivity (Wildman–Crippen MR) is 79.4 cm³/mol.